The second-order valence-electron chi connectivity index (χ2n) is 4.11. The molecule has 102 valence electrons. The molecule has 19 heavy (non-hydrogen) atoms. The number of carboxylic acids is 1. The summed E-state index contributed by atoms with van der Waals surface area (Å²) in [6, 6.07) is 3.20. The molecule has 2 N–H and O–H groups in total. The Morgan fingerprint density at radius 1 is 1.42 bits per heavy atom. The maximum absolute atomic E-state index is 13.6. The van der Waals surface area contributed by atoms with E-state index in [0.717, 1.165) is 12.1 Å². The molecule has 1 unspecified atom stereocenters. The number of hydrogen-bond acceptors (Lipinski definition) is 4. The summed E-state index contributed by atoms with van der Waals surface area (Å²) in [4.78, 5) is 24.1. The van der Waals surface area contributed by atoms with Crippen molar-refractivity contribution < 1.29 is 28.9 Å². The van der Waals surface area contributed by atoms with E-state index in [-0.39, 0.29) is 31.0 Å². The van der Waals surface area contributed by atoms with Gasteiger partial charge in [0.25, 0.3) is 5.91 Å². The minimum absolute atomic E-state index is 0.0857. The predicted molar refractivity (Wildman–Crippen MR) is 61.3 cm³/mol. The number of ether oxygens (including phenoxy) is 1. The lowest BCUT2D eigenvalue weighted by molar-refractivity contribution is -0.154. The smallest absolute Gasteiger partial charge is 0.334 e. The Bertz CT molecular complexity index is 519. The minimum Gasteiger partial charge on any atom is -0.508 e. The van der Waals surface area contributed by atoms with Gasteiger partial charge in [0.1, 0.15) is 11.6 Å². The topological polar surface area (TPSA) is 87.1 Å². The third-order valence-corrected chi connectivity index (χ3v) is 2.81. The van der Waals surface area contributed by atoms with Crippen LogP contribution in [0.3, 0.4) is 0 Å². The van der Waals surface area contributed by atoms with Crippen LogP contribution < -0.4 is 0 Å². The molecule has 0 aromatic heterocycles. The molecule has 1 aliphatic heterocycles. The first-order valence-electron chi connectivity index (χ1n) is 5.61. The van der Waals surface area contributed by atoms with Crippen molar-refractivity contribution in [1.29, 1.82) is 0 Å². The van der Waals surface area contributed by atoms with Crippen molar-refractivity contribution >= 4 is 11.9 Å². The lowest BCUT2D eigenvalue weighted by atomic mass is 10.1. The average molecular weight is 269 g/mol. The van der Waals surface area contributed by atoms with Gasteiger partial charge in [0, 0.05) is 12.6 Å². The molecule has 0 aliphatic carbocycles. The molecule has 0 bridgehead atoms. The molecule has 1 saturated heterocycles. The number of aromatic hydroxyl groups is 1. The largest absolute Gasteiger partial charge is 0.508 e. The average Bonchev–Trinajstić information content (AvgIpc) is 2.38. The molecule has 0 radical (unpaired) electrons. The van der Waals surface area contributed by atoms with Crippen LogP contribution in [0.1, 0.15) is 10.4 Å². The molecule has 1 heterocycles. The fraction of sp³-hybridized carbons (Fsp3) is 0.333. The maximum Gasteiger partial charge on any atom is 0.334 e. The van der Waals surface area contributed by atoms with Gasteiger partial charge < -0.3 is 19.8 Å². The third kappa shape index (κ3) is 2.82. The zero-order chi connectivity index (χ0) is 14.0. The molecular weight excluding hydrogens is 257 g/mol. The first kappa shape index (κ1) is 13.3. The van der Waals surface area contributed by atoms with Gasteiger partial charge in [0.2, 0.25) is 0 Å². The number of carboxylic acid groups (broad SMARTS) is 1. The van der Waals surface area contributed by atoms with Crippen molar-refractivity contribution in [2.75, 3.05) is 19.7 Å². The van der Waals surface area contributed by atoms with Crippen LogP contribution in [0.5, 0.6) is 5.75 Å². The van der Waals surface area contributed by atoms with Gasteiger partial charge in [0.05, 0.1) is 18.7 Å². The van der Waals surface area contributed by atoms with Gasteiger partial charge in [0.15, 0.2) is 6.10 Å². The molecular formula is C12H12FNO5. The van der Waals surface area contributed by atoms with Crippen LogP contribution >= 0.6 is 0 Å². The van der Waals surface area contributed by atoms with E-state index in [4.69, 9.17) is 14.9 Å². The van der Waals surface area contributed by atoms with E-state index in [1.807, 2.05) is 0 Å². The maximum atomic E-state index is 13.6. The molecule has 1 aromatic rings. The van der Waals surface area contributed by atoms with Crippen LogP contribution in [0, 0.1) is 5.82 Å². The second kappa shape index (κ2) is 5.23. The van der Waals surface area contributed by atoms with Crippen LogP contribution in [-0.4, -0.2) is 52.8 Å². The SMILES string of the molecule is O=C(O)C1CN(C(=O)c2ccc(O)cc2F)CCO1. The number of nitrogens with zero attached hydrogens (tertiary/aromatic N) is 1. The minimum atomic E-state index is -1.16. The van der Waals surface area contributed by atoms with Crippen molar-refractivity contribution in [2.24, 2.45) is 0 Å². The zero-order valence-electron chi connectivity index (χ0n) is 9.88. The van der Waals surface area contributed by atoms with Gasteiger partial charge in [-0.2, -0.15) is 0 Å². The van der Waals surface area contributed by atoms with E-state index in [2.05, 4.69) is 0 Å². The van der Waals surface area contributed by atoms with E-state index >= 15 is 0 Å². The summed E-state index contributed by atoms with van der Waals surface area (Å²) in [6.45, 7) is 0.153. The first-order valence-corrected chi connectivity index (χ1v) is 5.61. The molecule has 7 heteroatoms. The van der Waals surface area contributed by atoms with Crippen molar-refractivity contribution in [3.05, 3.63) is 29.6 Å². The molecule has 2 rings (SSSR count). The highest BCUT2D eigenvalue weighted by molar-refractivity contribution is 5.95. The number of phenolic OH excluding ortho intramolecular Hbond substituents is 1. The Morgan fingerprint density at radius 2 is 2.16 bits per heavy atom. The highest BCUT2D eigenvalue weighted by Gasteiger charge is 2.30. The van der Waals surface area contributed by atoms with Gasteiger partial charge in [-0.1, -0.05) is 0 Å². The summed E-state index contributed by atoms with van der Waals surface area (Å²) >= 11 is 0. The Kier molecular flexibility index (Phi) is 3.66. The zero-order valence-corrected chi connectivity index (χ0v) is 9.88. The number of amides is 1. The quantitative estimate of drug-likeness (QED) is 0.814. The van der Waals surface area contributed by atoms with Crippen LogP contribution in [-0.2, 0) is 9.53 Å². The van der Waals surface area contributed by atoms with Crippen molar-refractivity contribution in [2.45, 2.75) is 6.10 Å². The monoisotopic (exact) mass is 269 g/mol. The van der Waals surface area contributed by atoms with Crippen LogP contribution in [0.2, 0.25) is 0 Å². The number of phenols is 1. The summed E-state index contributed by atoms with van der Waals surface area (Å²) in [5.74, 6) is -2.90. The van der Waals surface area contributed by atoms with Crippen molar-refractivity contribution in [3.8, 4) is 5.75 Å². The second-order valence-corrected chi connectivity index (χ2v) is 4.11. The summed E-state index contributed by atoms with van der Waals surface area (Å²) < 4.78 is 18.5. The normalized spacial score (nSPS) is 19.2. The van der Waals surface area contributed by atoms with E-state index < -0.39 is 23.8 Å². The predicted octanol–water partition coefficient (Wildman–Crippen LogP) is 0.457. The first-order chi connectivity index (χ1) is 8.99. The van der Waals surface area contributed by atoms with Crippen molar-refractivity contribution in [3.63, 3.8) is 0 Å². The van der Waals surface area contributed by atoms with E-state index in [9.17, 15) is 14.0 Å². The van der Waals surface area contributed by atoms with Gasteiger partial charge in [-0.3, -0.25) is 4.79 Å². The van der Waals surface area contributed by atoms with Gasteiger partial charge in [-0.05, 0) is 12.1 Å². The summed E-state index contributed by atoms with van der Waals surface area (Å²) in [7, 11) is 0. The third-order valence-electron chi connectivity index (χ3n) is 2.81. The molecule has 1 aromatic carbocycles. The number of aliphatic carboxylic acids is 1. The standard InChI is InChI=1S/C12H12FNO5/c13-9-5-7(15)1-2-8(9)11(16)14-3-4-19-10(6-14)12(17)18/h1-2,5,10,15H,3-4,6H2,(H,17,18). The molecule has 1 amide bonds. The lowest BCUT2D eigenvalue weighted by Crippen LogP contribution is -2.48. The summed E-state index contributed by atoms with van der Waals surface area (Å²) in [6.07, 6.45) is -1.10. The van der Waals surface area contributed by atoms with Crippen LogP contribution in [0.4, 0.5) is 4.39 Å². The fourth-order valence-electron chi connectivity index (χ4n) is 1.83. The number of rotatable bonds is 2. The number of benzene rings is 1. The Morgan fingerprint density at radius 3 is 2.79 bits per heavy atom. The number of morpholine rings is 1. The molecule has 1 aliphatic rings. The van der Waals surface area contributed by atoms with Gasteiger partial charge in [-0.25, -0.2) is 9.18 Å². The molecule has 6 nitrogen and oxygen atoms in total. The number of halogens is 1. The highest BCUT2D eigenvalue weighted by Crippen LogP contribution is 2.18. The number of carbonyl (C=O) groups is 2. The van der Waals surface area contributed by atoms with Gasteiger partial charge >= 0.3 is 5.97 Å². The molecule has 1 atom stereocenters. The van der Waals surface area contributed by atoms with E-state index in [1.54, 1.807) is 0 Å². The number of carbonyl (C=O) groups excluding carboxylic acids is 1. The van der Waals surface area contributed by atoms with Crippen LogP contribution in [0.25, 0.3) is 0 Å². The Labute approximate surface area is 108 Å². The summed E-state index contributed by atoms with van der Waals surface area (Å²) in [5, 5.41) is 17.9. The van der Waals surface area contributed by atoms with E-state index in [0.29, 0.717) is 0 Å². The number of hydrogen-bond donors (Lipinski definition) is 2. The Balaban J connectivity index is 2.17. The van der Waals surface area contributed by atoms with Crippen LogP contribution in [0.15, 0.2) is 18.2 Å². The highest BCUT2D eigenvalue weighted by atomic mass is 19.1. The molecule has 0 saturated carbocycles. The van der Waals surface area contributed by atoms with Crippen molar-refractivity contribution in [1.82, 2.24) is 4.90 Å². The van der Waals surface area contributed by atoms with Gasteiger partial charge in [-0.15, -0.1) is 0 Å². The fourth-order valence-corrected chi connectivity index (χ4v) is 1.83. The molecule has 1 fully saturated rings. The lowest BCUT2D eigenvalue weighted by Gasteiger charge is -2.31. The molecule has 0 spiro atoms. The summed E-state index contributed by atoms with van der Waals surface area (Å²) in [5.41, 5.74) is -0.205. The Hall–Kier alpha value is -2.15. The van der Waals surface area contributed by atoms with E-state index in [1.165, 1.54) is 11.0 Å².